The lowest BCUT2D eigenvalue weighted by molar-refractivity contribution is -0.110. The smallest absolute Gasteiger partial charge is 0.275 e. The zero-order valence-electron chi connectivity index (χ0n) is 14.0. The van der Waals surface area contributed by atoms with Gasteiger partial charge < -0.3 is 16.4 Å². The molecule has 0 aliphatic heterocycles. The van der Waals surface area contributed by atoms with Crippen molar-refractivity contribution in [2.24, 2.45) is 0 Å². The molecule has 12 heteroatoms. The first-order valence-corrected chi connectivity index (χ1v) is 8.90. The zero-order valence-corrected chi connectivity index (χ0v) is 15.6. The first-order chi connectivity index (χ1) is 12.7. The molecule has 1 aliphatic rings. The van der Waals surface area contributed by atoms with Crippen LogP contribution in [0.15, 0.2) is 17.0 Å². The number of alkyl halides is 2. The third-order valence-corrected chi connectivity index (χ3v) is 4.61. The first kappa shape index (κ1) is 19.1. The minimum absolute atomic E-state index is 0.0194. The van der Waals surface area contributed by atoms with Gasteiger partial charge in [-0.2, -0.15) is 5.10 Å². The molecule has 0 saturated heterocycles. The van der Waals surface area contributed by atoms with E-state index < -0.39 is 17.5 Å². The molecule has 1 saturated carbocycles. The number of aromatic amines is 1. The van der Waals surface area contributed by atoms with E-state index in [0.29, 0.717) is 4.60 Å². The van der Waals surface area contributed by atoms with Gasteiger partial charge in [0.2, 0.25) is 5.92 Å². The van der Waals surface area contributed by atoms with Crippen LogP contribution in [0.25, 0.3) is 0 Å². The molecule has 6 N–H and O–H groups in total. The molecule has 2 aromatic heterocycles. The van der Waals surface area contributed by atoms with E-state index in [9.17, 15) is 13.6 Å². The fourth-order valence-corrected chi connectivity index (χ4v) is 3.11. The highest BCUT2D eigenvalue weighted by Gasteiger charge is 2.35. The highest BCUT2D eigenvalue weighted by atomic mass is 79.9. The van der Waals surface area contributed by atoms with Crippen LogP contribution in [0.4, 0.5) is 26.2 Å². The van der Waals surface area contributed by atoms with Crippen LogP contribution < -0.4 is 16.4 Å². The summed E-state index contributed by atoms with van der Waals surface area (Å²) in [7, 11) is 0. The number of nitrogens with one attached hydrogen (secondary N) is 4. The molecule has 3 rings (SSSR count). The fourth-order valence-electron chi connectivity index (χ4n) is 2.79. The van der Waals surface area contributed by atoms with Crippen molar-refractivity contribution in [1.82, 2.24) is 20.2 Å². The quantitative estimate of drug-likeness (QED) is 0.449. The number of carbonyl (C=O) groups is 1. The lowest BCUT2D eigenvalue weighted by Crippen LogP contribution is -2.33. The van der Waals surface area contributed by atoms with Crippen LogP contribution in [-0.4, -0.2) is 43.7 Å². The molecule has 144 valence electrons. The second kappa shape index (κ2) is 7.55. The van der Waals surface area contributed by atoms with Gasteiger partial charge in [0.15, 0.2) is 0 Å². The summed E-state index contributed by atoms with van der Waals surface area (Å²) in [5.74, 6) is -3.00. The second-order valence-electron chi connectivity index (χ2n) is 6.19. The number of carbonyl (C=O) groups excluding carboxylic acids is 1. The monoisotopic (exact) mass is 442 g/mol. The number of H-pyrrole nitrogens is 1. The molecule has 0 atom stereocenters. The van der Waals surface area contributed by atoms with Crippen LogP contribution >= 0.6 is 15.9 Å². The minimum Gasteiger partial charge on any atom is -0.383 e. The summed E-state index contributed by atoms with van der Waals surface area (Å²) in [6, 6.07) is 1.27. The van der Waals surface area contributed by atoms with Gasteiger partial charge in [-0.1, -0.05) is 0 Å². The molecule has 0 aromatic carbocycles. The zero-order chi connectivity index (χ0) is 19.6. The Morgan fingerprint density at radius 1 is 1.37 bits per heavy atom. The van der Waals surface area contributed by atoms with E-state index in [1.165, 1.54) is 12.4 Å². The van der Waals surface area contributed by atoms with Gasteiger partial charge in [-0.25, -0.2) is 18.7 Å². The number of halogens is 3. The van der Waals surface area contributed by atoms with E-state index in [-0.39, 0.29) is 54.7 Å². The minimum atomic E-state index is -2.66. The molecule has 1 fully saturated rings. The maximum Gasteiger partial charge on any atom is 0.275 e. The maximum absolute atomic E-state index is 13.3. The molecule has 0 radical (unpaired) electrons. The van der Waals surface area contributed by atoms with E-state index in [1.807, 2.05) is 0 Å². The van der Waals surface area contributed by atoms with E-state index in [0.717, 1.165) is 0 Å². The molecule has 0 bridgehead atoms. The SMILES string of the molecule is N=C(C(=O)Nc1cc(Br)n[nH]1)c1c(N)ncnc1NC1CCC(F)(F)CC1. The molecule has 2 heterocycles. The Labute approximate surface area is 161 Å². The molecule has 27 heavy (non-hydrogen) atoms. The van der Waals surface area contributed by atoms with E-state index in [4.69, 9.17) is 11.1 Å². The normalized spacial score (nSPS) is 16.7. The standard InChI is InChI=1S/C15H17BrF2N8O/c16-8-5-9(26-25-8)24-14(27)11(19)10-12(20)21-6-22-13(10)23-7-1-3-15(17,18)4-2-7/h5-7,19H,1-4H2,(H3,20,21,22,23)(H2,24,25,26,27). The third kappa shape index (κ3) is 4.56. The van der Waals surface area contributed by atoms with Crippen molar-refractivity contribution in [1.29, 1.82) is 5.41 Å². The first-order valence-electron chi connectivity index (χ1n) is 8.11. The van der Waals surface area contributed by atoms with Gasteiger partial charge in [0.1, 0.15) is 34.1 Å². The van der Waals surface area contributed by atoms with Crippen molar-refractivity contribution in [2.45, 2.75) is 37.6 Å². The summed E-state index contributed by atoms with van der Waals surface area (Å²) in [5, 5.41) is 20.1. The van der Waals surface area contributed by atoms with Gasteiger partial charge in [-0.3, -0.25) is 15.3 Å². The van der Waals surface area contributed by atoms with Crippen LogP contribution in [0, 0.1) is 5.41 Å². The lowest BCUT2D eigenvalue weighted by atomic mass is 9.92. The number of hydrogen-bond donors (Lipinski definition) is 5. The summed E-state index contributed by atoms with van der Waals surface area (Å²) in [6.45, 7) is 0. The average Bonchev–Trinajstić information content (AvgIpc) is 3.01. The van der Waals surface area contributed by atoms with Crippen molar-refractivity contribution in [3.63, 3.8) is 0 Å². The summed E-state index contributed by atoms with van der Waals surface area (Å²) in [6.07, 6.45) is 1.23. The Hall–Kier alpha value is -2.63. The van der Waals surface area contributed by atoms with Gasteiger partial charge in [-0.05, 0) is 28.8 Å². The second-order valence-corrected chi connectivity index (χ2v) is 7.00. The number of rotatable bonds is 5. The number of aromatic nitrogens is 4. The Morgan fingerprint density at radius 3 is 2.70 bits per heavy atom. The third-order valence-electron chi connectivity index (χ3n) is 4.21. The molecule has 1 aliphatic carbocycles. The topological polar surface area (TPSA) is 145 Å². The number of amides is 1. The number of nitrogens with two attached hydrogens (primary N) is 1. The van der Waals surface area contributed by atoms with Gasteiger partial charge in [0.25, 0.3) is 5.91 Å². The molecule has 1 amide bonds. The molecule has 9 nitrogen and oxygen atoms in total. The van der Waals surface area contributed by atoms with Gasteiger partial charge >= 0.3 is 0 Å². The van der Waals surface area contributed by atoms with Gasteiger partial charge in [0.05, 0.1) is 5.56 Å². The Bertz CT molecular complexity index is 861. The summed E-state index contributed by atoms with van der Waals surface area (Å²) in [4.78, 5) is 20.2. The molecular weight excluding hydrogens is 426 g/mol. The Balaban J connectivity index is 1.76. The van der Waals surface area contributed by atoms with E-state index >= 15 is 0 Å². The maximum atomic E-state index is 13.3. The van der Waals surface area contributed by atoms with Crippen molar-refractivity contribution >= 4 is 45.0 Å². The van der Waals surface area contributed by atoms with Crippen LogP contribution in [-0.2, 0) is 4.79 Å². The number of anilines is 3. The van der Waals surface area contributed by atoms with Crippen LogP contribution in [0.2, 0.25) is 0 Å². The fraction of sp³-hybridized carbons (Fsp3) is 0.400. The molecular formula is C15H17BrF2N8O. The predicted molar refractivity (Wildman–Crippen MR) is 99.0 cm³/mol. The Kier molecular flexibility index (Phi) is 5.35. The highest BCUT2D eigenvalue weighted by Crippen LogP contribution is 2.34. The molecule has 0 spiro atoms. The van der Waals surface area contributed by atoms with Gasteiger partial charge in [0, 0.05) is 24.9 Å². The van der Waals surface area contributed by atoms with Crippen molar-refractivity contribution in [2.75, 3.05) is 16.4 Å². The number of hydrogen-bond acceptors (Lipinski definition) is 7. The number of nitrogen functional groups attached to an aromatic ring is 1. The van der Waals surface area contributed by atoms with E-state index in [2.05, 4.69) is 46.7 Å². The van der Waals surface area contributed by atoms with Crippen molar-refractivity contribution in [3.8, 4) is 0 Å². The predicted octanol–water partition coefficient (Wildman–Crippen LogP) is 2.54. The van der Waals surface area contributed by atoms with Crippen LogP contribution in [0.3, 0.4) is 0 Å². The summed E-state index contributed by atoms with van der Waals surface area (Å²) in [5.41, 5.74) is 5.41. The molecule has 0 unspecified atom stereocenters. The largest absolute Gasteiger partial charge is 0.383 e. The Morgan fingerprint density at radius 2 is 2.07 bits per heavy atom. The average molecular weight is 443 g/mol. The summed E-state index contributed by atoms with van der Waals surface area (Å²) < 4.78 is 27.2. The van der Waals surface area contributed by atoms with Crippen LogP contribution in [0.5, 0.6) is 0 Å². The van der Waals surface area contributed by atoms with E-state index in [1.54, 1.807) is 0 Å². The number of nitrogens with zero attached hydrogens (tertiary/aromatic N) is 3. The van der Waals surface area contributed by atoms with Crippen molar-refractivity contribution in [3.05, 3.63) is 22.6 Å². The summed E-state index contributed by atoms with van der Waals surface area (Å²) >= 11 is 3.14. The van der Waals surface area contributed by atoms with Crippen molar-refractivity contribution < 1.29 is 13.6 Å². The highest BCUT2D eigenvalue weighted by molar-refractivity contribution is 9.10. The lowest BCUT2D eigenvalue weighted by Gasteiger charge is -2.29. The van der Waals surface area contributed by atoms with Crippen LogP contribution in [0.1, 0.15) is 31.2 Å². The van der Waals surface area contributed by atoms with Gasteiger partial charge in [-0.15, -0.1) is 0 Å². The molecule has 2 aromatic rings.